The van der Waals surface area contributed by atoms with Crippen LogP contribution in [-0.4, -0.2) is 52.6 Å². The van der Waals surface area contributed by atoms with Gasteiger partial charge in [-0.2, -0.15) is 5.10 Å². The molecule has 0 spiro atoms. The van der Waals surface area contributed by atoms with E-state index in [1.807, 2.05) is 25.2 Å². The molecule has 1 aromatic carbocycles. The Balaban J connectivity index is 1.71. The first kappa shape index (κ1) is 16.0. The van der Waals surface area contributed by atoms with E-state index in [1.54, 1.807) is 4.68 Å². The van der Waals surface area contributed by atoms with E-state index in [2.05, 4.69) is 15.7 Å². The molecule has 2 atom stereocenters. The number of aliphatic hydroxyl groups excluding tert-OH is 1. The molecular weight excluding hydrogens is 322 g/mol. The van der Waals surface area contributed by atoms with Crippen LogP contribution in [-0.2, 0) is 11.8 Å². The SMILES string of the molecule is Cn1nc(N2CCC(=O)NC2=O)c2ccc(C3CCNCC3O)cc21. The van der Waals surface area contributed by atoms with Crippen LogP contribution in [0.3, 0.4) is 0 Å². The number of anilines is 1. The van der Waals surface area contributed by atoms with Gasteiger partial charge in [-0.1, -0.05) is 6.07 Å². The summed E-state index contributed by atoms with van der Waals surface area (Å²) in [7, 11) is 1.83. The maximum absolute atomic E-state index is 12.1. The predicted octanol–water partition coefficient (Wildman–Crippen LogP) is 0.457. The first-order valence-electron chi connectivity index (χ1n) is 8.51. The number of aromatic nitrogens is 2. The third-order valence-electron chi connectivity index (χ3n) is 5.04. The van der Waals surface area contributed by atoms with Gasteiger partial charge in [0.2, 0.25) is 5.91 Å². The number of carbonyl (C=O) groups excluding carboxylic acids is 2. The first-order valence-corrected chi connectivity index (χ1v) is 8.51. The zero-order chi connectivity index (χ0) is 17.6. The quantitative estimate of drug-likeness (QED) is 0.736. The topological polar surface area (TPSA) is 99.5 Å². The number of benzene rings is 1. The number of nitrogens with one attached hydrogen (secondary N) is 2. The Morgan fingerprint density at radius 1 is 1.32 bits per heavy atom. The number of piperidine rings is 1. The van der Waals surface area contributed by atoms with E-state index < -0.39 is 12.1 Å². The number of rotatable bonds is 2. The van der Waals surface area contributed by atoms with Gasteiger partial charge in [-0.3, -0.25) is 19.7 Å². The molecule has 0 aliphatic carbocycles. The molecular formula is C17H21N5O3. The molecule has 3 heterocycles. The molecule has 2 aliphatic rings. The minimum absolute atomic E-state index is 0.0971. The molecule has 1 aromatic heterocycles. The maximum atomic E-state index is 12.1. The number of aliphatic hydroxyl groups is 1. The second kappa shape index (κ2) is 6.12. The van der Waals surface area contributed by atoms with E-state index in [0.29, 0.717) is 18.9 Å². The van der Waals surface area contributed by atoms with Gasteiger partial charge >= 0.3 is 6.03 Å². The van der Waals surface area contributed by atoms with E-state index in [4.69, 9.17) is 0 Å². The van der Waals surface area contributed by atoms with E-state index in [0.717, 1.165) is 29.4 Å². The minimum Gasteiger partial charge on any atom is -0.391 e. The Morgan fingerprint density at radius 2 is 2.16 bits per heavy atom. The van der Waals surface area contributed by atoms with Gasteiger partial charge in [0.15, 0.2) is 5.82 Å². The maximum Gasteiger partial charge on any atom is 0.329 e. The molecule has 3 N–H and O–H groups in total. The van der Waals surface area contributed by atoms with E-state index in [1.165, 1.54) is 4.90 Å². The monoisotopic (exact) mass is 343 g/mol. The molecule has 2 aromatic rings. The molecule has 3 amide bonds. The number of aryl methyl sites for hydroxylation is 1. The van der Waals surface area contributed by atoms with Gasteiger partial charge in [-0.05, 0) is 30.7 Å². The summed E-state index contributed by atoms with van der Waals surface area (Å²) in [6.07, 6.45) is 0.745. The number of imide groups is 1. The second-order valence-electron chi connectivity index (χ2n) is 6.65. The molecule has 2 fully saturated rings. The van der Waals surface area contributed by atoms with Crippen molar-refractivity contribution in [3.05, 3.63) is 23.8 Å². The number of amides is 3. The van der Waals surface area contributed by atoms with Crippen molar-refractivity contribution in [2.24, 2.45) is 7.05 Å². The van der Waals surface area contributed by atoms with Crippen LogP contribution in [0.4, 0.5) is 10.6 Å². The van der Waals surface area contributed by atoms with E-state index >= 15 is 0 Å². The molecule has 2 saturated heterocycles. The number of hydrogen-bond acceptors (Lipinski definition) is 5. The molecule has 2 aliphatic heterocycles. The van der Waals surface area contributed by atoms with Crippen molar-refractivity contribution in [3.8, 4) is 0 Å². The van der Waals surface area contributed by atoms with Crippen molar-refractivity contribution in [3.63, 3.8) is 0 Å². The lowest BCUT2D eigenvalue weighted by Gasteiger charge is -2.28. The second-order valence-corrected chi connectivity index (χ2v) is 6.65. The van der Waals surface area contributed by atoms with Crippen LogP contribution in [0.5, 0.6) is 0 Å². The lowest BCUT2D eigenvalue weighted by molar-refractivity contribution is -0.120. The lowest BCUT2D eigenvalue weighted by Crippen LogP contribution is -2.49. The Hall–Kier alpha value is -2.45. The third kappa shape index (κ3) is 2.77. The van der Waals surface area contributed by atoms with E-state index in [-0.39, 0.29) is 18.2 Å². The normalized spacial score (nSPS) is 24.6. The lowest BCUT2D eigenvalue weighted by atomic mass is 9.87. The molecule has 0 bridgehead atoms. The smallest absolute Gasteiger partial charge is 0.329 e. The van der Waals surface area contributed by atoms with Crippen molar-refractivity contribution in [2.45, 2.75) is 24.9 Å². The van der Waals surface area contributed by atoms with Crippen LogP contribution >= 0.6 is 0 Å². The highest BCUT2D eigenvalue weighted by Crippen LogP contribution is 2.32. The van der Waals surface area contributed by atoms with Crippen LogP contribution in [0.2, 0.25) is 0 Å². The number of urea groups is 1. The van der Waals surface area contributed by atoms with Gasteiger partial charge in [0, 0.05) is 37.9 Å². The highest BCUT2D eigenvalue weighted by molar-refractivity contribution is 6.08. The summed E-state index contributed by atoms with van der Waals surface area (Å²) in [6, 6.07) is 5.55. The Morgan fingerprint density at radius 3 is 2.92 bits per heavy atom. The van der Waals surface area contributed by atoms with Gasteiger partial charge < -0.3 is 10.4 Å². The zero-order valence-electron chi connectivity index (χ0n) is 14.0. The number of carbonyl (C=O) groups is 2. The molecule has 25 heavy (non-hydrogen) atoms. The summed E-state index contributed by atoms with van der Waals surface area (Å²) in [5, 5.41) is 21.1. The van der Waals surface area contributed by atoms with Gasteiger partial charge in [-0.25, -0.2) is 4.79 Å². The van der Waals surface area contributed by atoms with Crippen LogP contribution in [0.25, 0.3) is 10.9 Å². The summed E-state index contributed by atoms with van der Waals surface area (Å²) in [5.74, 6) is 0.392. The predicted molar refractivity (Wildman–Crippen MR) is 92.5 cm³/mol. The summed E-state index contributed by atoms with van der Waals surface area (Å²) in [4.78, 5) is 25.0. The zero-order valence-corrected chi connectivity index (χ0v) is 14.0. The van der Waals surface area contributed by atoms with Crippen LogP contribution in [0.1, 0.15) is 24.3 Å². The summed E-state index contributed by atoms with van der Waals surface area (Å²) < 4.78 is 1.74. The largest absolute Gasteiger partial charge is 0.391 e. The number of fused-ring (bicyclic) bond motifs is 1. The summed E-state index contributed by atoms with van der Waals surface area (Å²) >= 11 is 0. The van der Waals surface area contributed by atoms with E-state index in [9.17, 15) is 14.7 Å². The van der Waals surface area contributed by atoms with Gasteiger partial charge in [-0.15, -0.1) is 0 Å². The number of β-amino-alcohol motifs (C(OH)–C–C–N with tert-alkyl or cyclic N) is 1. The molecule has 8 nitrogen and oxygen atoms in total. The van der Waals surface area contributed by atoms with Crippen LogP contribution in [0.15, 0.2) is 18.2 Å². The van der Waals surface area contributed by atoms with Crippen molar-refractivity contribution in [2.75, 3.05) is 24.5 Å². The van der Waals surface area contributed by atoms with Gasteiger partial charge in [0.25, 0.3) is 0 Å². The van der Waals surface area contributed by atoms with Crippen molar-refractivity contribution in [1.29, 1.82) is 0 Å². The first-order chi connectivity index (χ1) is 12.0. The fourth-order valence-electron chi connectivity index (χ4n) is 3.68. The van der Waals surface area contributed by atoms with Crippen LogP contribution < -0.4 is 15.5 Å². The third-order valence-corrected chi connectivity index (χ3v) is 5.04. The molecule has 132 valence electrons. The molecule has 2 unspecified atom stereocenters. The highest BCUT2D eigenvalue weighted by Gasteiger charge is 2.29. The highest BCUT2D eigenvalue weighted by atomic mass is 16.3. The van der Waals surface area contributed by atoms with Crippen molar-refractivity contribution >= 4 is 28.7 Å². The van der Waals surface area contributed by atoms with Gasteiger partial charge in [0.05, 0.1) is 11.6 Å². The molecule has 4 rings (SSSR count). The standard InChI is InChI=1S/C17H21N5O3/c1-21-13-8-10(11-4-6-18-9-14(11)23)2-3-12(13)16(20-21)22-7-5-15(24)19-17(22)25/h2-3,8,11,14,18,23H,4-7,9H2,1H3,(H,19,24,25). The Bertz CT molecular complexity index is 846. The summed E-state index contributed by atoms with van der Waals surface area (Å²) in [5.41, 5.74) is 1.98. The summed E-state index contributed by atoms with van der Waals surface area (Å²) in [6.45, 7) is 1.81. The average Bonchev–Trinajstić information content (AvgIpc) is 2.91. The Labute approximate surface area is 144 Å². The fraction of sp³-hybridized carbons (Fsp3) is 0.471. The van der Waals surface area contributed by atoms with Gasteiger partial charge in [0.1, 0.15) is 0 Å². The minimum atomic E-state index is -0.436. The molecule has 8 heteroatoms. The van der Waals surface area contributed by atoms with Crippen LogP contribution in [0, 0.1) is 0 Å². The average molecular weight is 343 g/mol. The Kier molecular flexibility index (Phi) is 3.93. The number of hydrogen-bond donors (Lipinski definition) is 3. The number of nitrogens with zero attached hydrogens (tertiary/aromatic N) is 3. The molecule has 0 radical (unpaired) electrons. The molecule has 0 saturated carbocycles. The van der Waals surface area contributed by atoms with Crippen molar-refractivity contribution < 1.29 is 14.7 Å². The van der Waals surface area contributed by atoms with Crippen molar-refractivity contribution in [1.82, 2.24) is 20.4 Å². The fourth-order valence-corrected chi connectivity index (χ4v) is 3.68.